The number of non-ortho nitro benzene ring substituents is 1. The van der Waals surface area contributed by atoms with Crippen LogP contribution >= 0.6 is 0 Å². The molecule has 2 aromatic rings. The molecule has 0 saturated carbocycles. The first-order valence-electron chi connectivity index (χ1n) is 8.62. The third-order valence-corrected chi connectivity index (χ3v) is 3.79. The van der Waals surface area contributed by atoms with Gasteiger partial charge in [0.2, 0.25) is 0 Å². The van der Waals surface area contributed by atoms with Gasteiger partial charge in [-0.2, -0.15) is 0 Å². The number of hydrazine groups is 1. The van der Waals surface area contributed by atoms with E-state index in [1.54, 1.807) is 12.1 Å². The van der Waals surface area contributed by atoms with Crippen LogP contribution in [0.5, 0.6) is 11.5 Å². The molecule has 28 heavy (non-hydrogen) atoms. The second kappa shape index (κ2) is 9.91. The molecule has 0 saturated heterocycles. The van der Waals surface area contributed by atoms with Gasteiger partial charge >= 0.3 is 0 Å². The molecule has 0 aromatic heterocycles. The number of nitro groups is 1. The minimum absolute atomic E-state index is 0.0479. The molecule has 0 fully saturated rings. The lowest BCUT2D eigenvalue weighted by atomic mass is 10.2. The summed E-state index contributed by atoms with van der Waals surface area (Å²) in [6.07, 6.45) is 1.89. The molecular weight excluding hydrogens is 366 g/mol. The van der Waals surface area contributed by atoms with Crippen LogP contribution in [0.1, 0.15) is 40.5 Å². The van der Waals surface area contributed by atoms with Gasteiger partial charge in [0.05, 0.1) is 18.6 Å². The fourth-order valence-electron chi connectivity index (χ4n) is 2.27. The highest BCUT2D eigenvalue weighted by Crippen LogP contribution is 2.28. The van der Waals surface area contributed by atoms with Crippen molar-refractivity contribution < 1.29 is 24.0 Å². The Morgan fingerprint density at radius 1 is 1.04 bits per heavy atom. The van der Waals surface area contributed by atoms with Crippen LogP contribution in [0.25, 0.3) is 0 Å². The first kappa shape index (κ1) is 20.7. The molecule has 0 bridgehead atoms. The number of methoxy groups -OCH3 is 1. The number of hydrogen-bond acceptors (Lipinski definition) is 6. The third-order valence-electron chi connectivity index (χ3n) is 3.79. The minimum Gasteiger partial charge on any atom is -0.493 e. The zero-order valence-electron chi connectivity index (χ0n) is 15.6. The number of hydrogen-bond donors (Lipinski definition) is 2. The average molecular weight is 387 g/mol. The van der Waals surface area contributed by atoms with Crippen LogP contribution in [-0.4, -0.2) is 30.5 Å². The van der Waals surface area contributed by atoms with E-state index in [0.29, 0.717) is 18.1 Å². The molecule has 2 N–H and O–H groups in total. The molecule has 0 aliphatic carbocycles. The lowest BCUT2D eigenvalue weighted by Crippen LogP contribution is -2.41. The summed E-state index contributed by atoms with van der Waals surface area (Å²) < 4.78 is 10.8. The Morgan fingerprint density at radius 3 is 2.32 bits per heavy atom. The first-order valence-corrected chi connectivity index (χ1v) is 8.62. The molecule has 0 heterocycles. The van der Waals surface area contributed by atoms with Crippen LogP contribution in [0, 0.1) is 10.1 Å². The van der Waals surface area contributed by atoms with Crippen molar-refractivity contribution in [2.24, 2.45) is 0 Å². The average Bonchev–Trinajstić information content (AvgIpc) is 2.72. The first-order chi connectivity index (χ1) is 13.5. The van der Waals surface area contributed by atoms with Crippen molar-refractivity contribution in [1.82, 2.24) is 10.9 Å². The van der Waals surface area contributed by atoms with Crippen LogP contribution in [0.4, 0.5) is 5.69 Å². The van der Waals surface area contributed by atoms with Gasteiger partial charge in [0, 0.05) is 23.3 Å². The van der Waals surface area contributed by atoms with E-state index in [2.05, 4.69) is 17.8 Å². The van der Waals surface area contributed by atoms with Gasteiger partial charge in [0.1, 0.15) is 0 Å². The predicted molar refractivity (Wildman–Crippen MR) is 101 cm³/mol. The highest BCUT2D eigenvalue weighted by atomic mass is 16.6. The number of unbranched alkanes of at least 4 members (excludes halogenated alkanes) is 1. The molecule has 2 rings (SSSR count). The van der Waals surface area contributed by atoms with Crippen molar-refractivity contribution in [3.8, 4) is 11.5 Å². The molecule has 148 valence electrons. The van der Waals surface area contributed by atoms with E-state index in [0.717, 1.165) is 18.9 Å². The van der Waals surface area contributed by atoms with Crippen LogP contribution < -0.4 is 20.3 Å². The highest BCUT2D eigenvalue weighted by molar-refractivity contribution is 5.99. The molecule has 9 heteroatoms. The van der Waals surface area contributed by atoms with E-state index >= 15 is 0 Å². The number of rotatable bonds is 8. The summed E-state index contributed by atoms with van der Waals surface area (Å²) in [5.41, 5.74) is 4.57. The molecule has 0 atom stereocenters. The Balaban J connectivity index is 2.01. The van der Waals surface area contributed by atoms with Gasteiger partial charge in [-0.1, -0.05) is 19.4 Å². The Labute approximate surface area is 161 Å². The number of carbonyl (C=O) groups excluding carboxylic acids is 2. The Bertz CT molecular complexity index is 868. The highest BCUT2D eigenvalue weighted by Gasteiger charge is 2.14. The standard InChI is InChI=1S/C19H21N3O6/c1-3-4-10-28-16-9-8-14(12-17(16)27-2)19(24)21-20-18(23)13-6-5-7-15(11-13)22(25)26/h5-9,11-12H,3-4,10H2,1-2H3,(H,20,23)(H,21,24). The van der Waals surface area contributed by atoms with E-state index in [-0.39, 0.29) is 16.8 Å². The van der Waals surface area contributed by atoms with Gasteiger partial charge in [0.25, 0.3) is 17.5 Å². The number of ether oxygens (including phenoxy) is 2. The van der Waals surface area contributed by atoms with Gasteiger partial charge in [-0.3, -0.25) is 30.6 Å². The molecule has 0 unspecified atom stereocenters. The summed E-state index contributed by atoms with van der Waals surface area (Å²) in [6, 6.07) is 9.83. The molecule has 2 amide bonds. The summed E-state index contributed by atoms with van der Waals surface area (Å²) in [6.45, 7) is 2.59. The summed E-state index contributed by atoms with van der Waals surface area (Å²) >= 11 is 0. The van der Waals surface area contributed by atoms with E-state index in [9.17, 15) is 19.7 Å². The third kappa shape index (κ3) is 5.44. The van der Waals surface area contributed by atoms with E-state index in [4.69, 9.17) is 9.47 Å². The Hall–Kier alpha value is -3.62. The summed E-state index contributed by atoms with van der Waals surface area (Å²) in [4.78, 5) is 34.5. The lowest BCUT2D eigenvalue weighted by molar-refractivity contribution is -0.384. The maximum atomic E-state index is 12.3. The SMILES string of the molecule is CCCCOc1ccc(C(=O)NNC(=O)c2cccc([N+](=O)[O-])c2)cc1OC. The van der Waals surface area contributed by atoms with E-state index in [1.165, 1.54) is 31.4 Å². The zero-order chi connectivity index (χ0) is 20.5. The monoisotopic (exact) mass is 387 g/mol. The topological polar surface area (TPSA) is 120 Å². The fraction of sp³-hybridized carbons (Fsp3) is 0.263. The van der Waals surface area contributed by atoms with Crippen LogP contribution in [0.15, 0.2) is 42.5 Å². The van der Waals surface area contributed by atoms with Crippen molar-refractivity contribution in [3.63, 3.8) is 0 Å². The maximum Gasteiger partial charge on any atom is 0.270 e. The summed E-state index contributed by atoms with van der Waals surface area (Å²) in [5.74, 6) is -0.331. The molecule has 0 radical (unpaired) electrons. The Kier molecular flexibility index (Phi) is 7.32. The van der Waals surface area contributed by atoms with E-state index < -0.39 is 16.7 Å². The number of benzene rings is 2. The van der Waals surface area contributed by atoms with Crippen LogP contribution in [-0.2, 0) is 0 Å². The summed E-state index contributed by atoms with van der Waals surface area (Å²) in [7, 11) is 1.47. The number of nitro benzene ring substituents is 1. The van der Waals surface area contributed by atoms with Crippen LogP contribution in [0.3, 0.4) is 0 Å². The molecule has 0 aliphatic rings. The van der Waals surface area contributed by atoms with Gasteiger partial charge in [0.15, 0.2) is 11.5 Å². The number of nitrogens with zero attached hydrogens (tertiary/aromatic N) is 1. The van der Waals surface area contributed by atoms with Crippen molar-refractivity contribution in [2.75, 3.05) is 13.7 Å². The summed E-state index contributed by atoms with van der Waals surface area (Å²) in [5, 5.41) is 10.8. The Morgan fingerprint density at radius 2 is 1.71 bits per heavy atom. The van der Waals surface area contributed by atoms with Gasteiger partial charge in [-0.05, 0) is 30.7 Å². The smallest absolute Gasteiger partial charge is 0.270 e. The van der Waals surface area contributed by atoms with Gasteiger partial charge in [-0.15, -0.1) is 0 Å². The number of carbonyl (C=O) groups is 2. The normalized spacial score (nSPS) is 10.1. The molecule has 0 spiro atoms. The minimum atomic E-state index is -0.677. The van der Waals surface area contributed by atoms with Gasteiger partial charge < -0.3 is 9.47 Å². The van der Waals surface area contributed by atoms with E-state index in [1.807, 2.05) is 0 Å². The molecule has 2 aromatic carbocycles. The lowest BCUT2D eigenvalue weighted by Gasteiger charge is -2.12. The zero-order valence-corrected chi connectivity index (χ0v) is 15.6. The van der Waals surface area contributed by atoms with Crippen LogP contribution in [0.2, 0.25) is 0 Å². The molecule has 9 nitrogen and oxygen atoms in total. The number of nitrogens with one attached hydrogen (secondary N) is 2. The largest absolute Gasteiger partial charge is 0.493 e. The molecular formula is C19H21N3O6. The second-order valence-electron chi connectivity index (χ2n) is 5.78. The predicted octanol–water partition coefficient (Wildman–Crippen LogP) is 2.86. The number of amides is 2. The fourth-order valence-corrected chi connectivity index (χ4v) is 2.27. The van der Waals surface area contributed by atoms with Crippen molar-refractivity contribution in [2.45, 2.75) is 19.8 Å². The maximum absolute atomic E-state index is 12.3. The van der Waals surface area contributed by atoms with Crippen molar-refractivity contribution in [1.29, 1.82) is 0 Å². The molecule has 0 aliphatic heterocycles. The second-order valence-corrected chi connectivity index (χ2v) is 5.78. The van der Waals surface area contributed by atoms with Gasteiger partial charge in [-0.25, -0.2) is 0 Å². The van der Waals surface area contributed by atoms with Crippen molar-refractivity contribution >= 4 is 17.5 Å². The quantitative estimate of drug-likeness (QED) is 0.408. The van der Waals surface area contributed by atoms with Crippen molar-refractivity contribution in [3.05, 3.63) is 63.7 Å².